The monoisotopic (exact) mass is 436 g/mol. The smallest absolute Gasteiger partial charge is 0.0721 e. The number of allylic oxidation sites excluding steroid dienone is 2. The van der Waals surface area contributed by atoms with Crippen LogP contribution in [0.3, 0.4) is 0 Å². The Morgan fingerprint density at radius 1 is 0.531 bits per heavy atom. The molecule has 32 heavy (non-hydrogen) atoms. The molecule has 0 aromatic heterocycles. The largest absolute Gasteiger partial charge is 0.373 e. The zero-order valence-corrected chi connectivity index (χ0v) is 20.4. The summed E-state index contributed by atoms with van der Waals surface area (Å²) in [5.74, 6) is 0. The minimum Gasteiger partial charge on any atom is -0.373 e. The first kappa shape index (κ1) is 27.9. The van der Waals surface area contributed by atoms with Gasteiger partial charge in [-0.15, -0.1) is 0 Å². The molecule has 0 bridgehead atoms. The van der Waals surface area contributed by atoms with Crippen molar-refractivity contribution < 1.29 is 9.47 Å². The first-order valence-electron chi connectivity index (χ1n) is 12.4. The molecule has 2 nitrogen and oxygen atoms in total. The van der Waals surface area contributed by atoms with E-state index in [0.717, 1.165) is 13.2 Å². The Labute approximate surface area is 197 Å². The van der Waals surface area contributed by atoms with E-state index in [-0.39, 0.29) is 0 Å². The number of ether oxygens (including phenoxy) is 2. The summed E-state index contributed by atoms with van der Waals surface area (Å²) in [4.78, 5) is 0. The highest BCUT2D eigenvalue weighted by Gasteiger charge is 1.90. The van der Waals surface area contributed by atoms with Crippen molar-refractivity contribution in [1.82, 2.24) is 0 Å². The second-order valence-electron chi connectivity index (χ2n) is 7.94. The zero-order valence-electron chi connectivity index (χ0n) is 20.4. The number of hydrogen-bond acceptors (Lipinski definition) is 2. The van der Waals surface area contributed by atoms with Gasteiger partial charge in [0.15, 0.2) is 0 Å². The Hall–Kier alpha value is -2.16. The highest BCUT2D eigenvalue weighted by molar-refractivity contribution is 5.14. The van der Waals surface area contributed by atoms with Crippen LogP contribution in [0.25, 0.3) is 0 Å². The quantitative estimate of drug-likeness (QED) is 0.193. The molecule has 0 saturated heterocycles. The molecule has 0 aliphatic heterocycles. The van der Waals surface area contributed by atoms with Crippen LogP contribution >= 0.6 is 0 Å². The Morgan fingerprint density at radius 3 is 1.31 bits per heavy atom. The third-order valence-electron chi connectivity index (χ3n) is 4.93. The summed E-state index contributed by atoms with van der Waals surface area (Å²) in [5, 5.41) is 0. The van der Waals surface area contributed by atoms with Gasteiger partial charge in [0.05, 0.1) is 26.4 Å². The first-order valence-corrected chi connectivity index (χ1v) is 12.4. The summed E-state index contributed by atoms with van der Waals surface area (Å²) < 4.78 is 11.1. The fraction of sp³-hybridized carbons (Fsp3) is 0.467. The number of benzene rings is 2. The minimum absolute atomic E-state index is 0.708. The van der Waals surface area contributed by atoms with Crippen molar-refractivity contribution in [3.63, 3.8) is 0 Å². The van der Waals surface area contributed by atoms with Gasteiger partial charge in [-0.2, -0.15) is 0 Å². The van der Waals surface area contributed by atoms with E-state index in [9.17, 15) is 0 Å². The molecule has 2 rings (SSSR count). The van der Waals surface area contributed by atoms with E-state index < -0.39 is 0 Å². The Kier molecular flexibility index (Phi) is 19.2. The molecule has 0 aliphatic carbocycles. The maximum Gasteiger partial charge on any atom is 0.0721 e. The molecule has 0 atom stereocenters. The summed E-state index contributed by atoms with van der Waals surface area (Å²) >= 11 is 0. The van der Waals surface area contributed by atoms with Crippen molar-refractivity contribution in [3.05, 3.63) is 96.1 Å². The van der Waals surface area contributed by atoms with Gasteiger partial charge < -0.3 is 9.47 Å². The van der Waals surface area contributed by atoms with Crippen molar-refractivity contribution in [3.8, 4) is 0 Å². The predicted molar refractivity (Wildman–Crippen MR) is 139 cm³/mol. The molecule has 0 spiro atoms. The average molecular weight is 437 g/mol. The van der Waals surface area contributed by atoms with Gasteiger partial charge in [0, 0.05) is 0 Å². The molecule has 2 aromatic carbocycles. The molecule has 0 unspecified atom stereocenters. The third kappa shape index (κ3) is 17.5. The van der Waals surface area contributed by atoms with Gasteiger partial charge in [-0.25, -0.2) is 0 Å². The van der Waals surface area contributed by atoms with E-state index in [4.69, 9.17) is 9.47 Å². The number of rotatable bonds is 16. The Balaban J connectivity index is 0.000000320. The van der Waals surface area contributed by atoms with Crippen molar-refractivity contribution in [2.45, 2.75) is 78.4 Å². The standard InChI is InChI=1S/2C15H22O/c2*1-2-3-4-5-6-10-13-16-14-15-11-8-7-9-12-15/h2*6-12H,2-5,13-14H2,1H3. The van der Waals surface area contributed by atoms with Crippen molar-refractivity contribution in [1.29, 1.82) is 0 Å². The van der Waals surface area contributed by atoms with E-state index in [1.807, 2.05) is 36.4 Å². The van der Waals surface area contributed by atoms with E-state index in [1.165, 1.54) is 62.5 Å². The van der Waals surface area contributed by atoms with E-state index in [2.05, 4.69) is 62.4 Å². The van der Waals surface area contributed by atoms with Crippen molar-refractivity contribution >= 4 is 0 Å². The molecular weight excluding hydrogens is 392 g/mol. The maximum absolute atomic E-state index is 5.54. The molecule has 0 radical (unpaired) electrons. The summed E-state index contributed by atoms with van der Waals surface area (Å²) in [5.41, 5.74) is 2.48. The lowest BCUT2D eigenvalue weighted by Crippen LogP contribution is -1.91. The molecule has 176 valence electrons. The molecule has 0 amide bonds. The Morgan fingerprint density at radius 2 is 0.938 bits per heavy atom. The van der Waals surface area contributed by atoms with Crippen LogP contribution in [0.4, 0.5) is 0 Å². The average Bonchev–Trinajstić information content (AvgIpc) is 2.84. The van der Waals surface area contributed by atoms with Crippen molar-refractivity contribution in [2.24, 2.45) is 0 Å². The topological polar surface area (TPSA) is 18.5 Å². The third-order valence-corrected chi connectivity index (χ3v) is 4.93. The van der Waals surface area contributed by atoms with Crippen LogP contribution in [0, 0.1) is 0 Å². The van der Waals surface area contributed by atoms with Gasteiger partial charge in [0.1, 0.15) is 0 Å². The van der Waals surface area contributed by atoms with Gasteiger partial charge >= 0.3 is 0 Å². The zero-order chi connectivity index (χ0) is 23.0. The normalized spacial score (nSPS) is 11.1. The van der Waals surface area contributed by atoms with Crippen LogP contribution in [-0.4, -0.2) is 13.2 Å². The fourth-order valence-corrected chi connectivity index (χ4v) is 3.03. The van der Waals surface area contributed by atoms with Crippen LogP contribution < -0.4 is 0 Å². The molecule has 0 heterocycles. The van der Waals surface area contributed by atoms with Crippen LogP contribution in [0.15, 0.2) is 85.0 Å². The van der Waals surface area contributed by atoms with Crippen LogP contribution in [0.5, 0.6) is 0 Å². The molecule has 0 aliphatic rings. The Bertz CT molecular complexity index is 615. The summed E-state index contributed by atoms with van der Waals surface area (Å²) in [6.07, 6.45) is 18.9. The highest BCUT2D eigenvalue weighted by Crippen LogP contribution is 2.03. The van der Waals surface area contributed by atoms with Gasteiger partial charge in [0.25, 0.3) is 0 Å². The molecule has 0 saturated carbocycles. The van der Waals surface area contributed by atoms with Gasteiger partial charge in [0.2, 0.25) is 0 Å². The first-order chi connectivity index (χ1) is 15.9. The molecular formula is C30H44O2. The van der Waals surface area contributed by atoms with Gasteiger partial charge in [-0.1, -0.05) is 124 Å². The SMILES string of the molecule is CCCCCC=CCOCc1ccccc1.CCCCCC=CCOCc1ccccc1. The van der Waals surface area contributed by atoms with E-state index in [0.29, 0.717) is 13.2 Å². The predicted octanol–water partition coefficient (Wildman–Crippen LogP) is 8.68. The molecule has 0 N–H and O–H groups in total. The lowest BCUT2D eigenvalue weighted by atomic mass is 10.2. The highest BCUT2D eigenvalue weighted by atomic mass is 16.5. The van der Waals surface area contributed by atoms with Crippen molar-refractivity contribution in [2.75, 3.05) is 13.2 Å². The van der Waals surface area contributed by atoms with Gasteiger partial charge in [-0.05, 0) is 36.8 Å². The summed E-state index contributed by atoms with van der Waals surface area (Å²) in [6, 6.07) is 20.6. The second kappa shape index (κ2) is 22.0. The number of unbranched alkanes of at least 4 members (excludes halogenated alkanes) is 6. The lowest BCUT2D eigenvalue weighted by Gasteiger charge is -2.00. The summed E-state index contributed by atoms with van der Waals surface area (Å²) in [7, 11) is 0. The summed E-state index contributed by atoms with van der Waals surface area (Å²) in [6.45, 7) is 7.32. The molecule has 2 heteroatoms. The maximum atomic E-state index is 5.54. The number of hydrogen-bond donors (Lipinski definition) is 0. The van der Waals surface area contributed by atoms with Crippen LogP contribution in [0.1, 0.15) is 76.3 Å². The second-order valence-corrected chi connectivity index (χ2v) is 7.94. The van der Waals surface area contributed by atoms with E-state index >= 15 is 0 Å². The van der Waals surface area contributed by atoms with Crippen LogP contribution in [-0.2, 0) is 22.7 Å². The molecule has 0 fully saturated rings. The molecule has 2 aromatic rings. The fourth-order valence-electron chi connectivity index (χ4n) is 3.03. The lowest BCUT2D eigenvalue weighted by molar-refractivity contribution is 0.148. The van der Waals surface area contributed by atoms with E-state index in [1.54, 1.807) is 0 Å². The minimum atomic E-state index is 0.708. The van der Waals surface area contributed by atoms with Gasteiger partial charge in [-0.3, -0.25) is 0 Å². The van der Waals surface area contributed by atoms with Crippen LogP contribution in [0.2, 0.25) is 0 Å².